The van der Waals surface area contributed by atoms with Gasteiger partial charge in [0.2, 0.25) is 0 Å². The third-order valence-electron chi connectivity index (χ3n) is 4.26. The van der Waals surface area contributed by atoms with Crippen LogP contribution >= 0.6 is 0 Å². The zero-order valence-electron chi connectivity index (χ0n) is 16.3. The zero-order chi connectivity index (χ0) is 20.4. The molecule has 0 N–H and O–H groups in total. The molecule has 0 radical (unpaired) electrons. The Labute approximate surface area is 194 Å². The van der Waals surface area contributed by atoms with Crippen LogP contribution in [0.4, 0.5) is 11.4 Å². The molecule has 0 unspecified atom stereocenters. The number of hydrogen-bond donors (Lipinski definition) is 0. The molecule has 0 bridgehead atoms. The molecule has 146 valence electrons. The summed E-state index contributed by atoms with van der Waals surface area (Å²) in [6.07, 6.45) is 3.93. The van der Waals surface area contributed by atoms with Gasteiger partial charge in [-0.2, -0.15) is 0 Å². The summed E-state index contributed by atoms with van der Waals surface area (Å²) < 4.78 is 2.86. The first kappa shape index (κ1) is 21.0. The summed E-state index contributed by atoms with van der Waals surface area (Å²) in [6.45, 7) is 0. The number of hydrogen-bond acceptors (Lipinski definition) is 2. The summed E-state index contributed by atoms with van der Waals surface area (Å²) >= 11 is -0.610. The number of benzene rings is 4. The molecular weight excluding hydrogens is 596 g/mol. The van der Waals surface area contributed by atoms with Gasteiger partial charge in [0.1, 0.15) is 0 Å². The summed E-state index contributed by atoms with van der Waals surface area (Å²) in [4.78, 5) is 9.57. The van der Waals surface area contributed by atoms with Crippen LogP contribution in [0.5, 0.6) is 0 Å². The number of para-hydroxylation sites is 2. The van der Waals surface area contributed by atoms with Crippen LogP contribution in [-0.2, 0) is 0 Å². The number of rotatable bonds is 7. The average Bonchev–Trinajstić information content (AvgIpc) is 2.82. The summed E-state index contributed by atoms with van der Waals surface area (Å²) in [5.74, 6) is 0. The fourth-order valence-electron chi connectivity index (χ4n) is 2.72. The second kappa shape index (κ2) is 11.3. The molecule has 4 heteroatoms. The van der Waals surface area contributed by atoms with Crippen molar-refractivity contribution >= 4 is 65.1 Å². The van der Waals surface area contributed by atoms with Gasteiger partial charge in [-0.05, 0) is 0 Å². The quantitative estimate of drug-likeness (QED) is 0.217. The van der Waals surface area contributed by atoms with Gasteiger partial charge in [0.15, 0.2) is 0 Å². The minimum atomic E-state index is -0.305. The van der Waals surface area contributed by atoms with Gasteiger partial charge in [-0.3, -0.25) is 0 Å². The van der Waals surface area contributed by atoms with E-state index < -0.39 is 0 Å². The minimum absolute atomic E-state index is 0.305. The van der Waals surface area contributed by atoms with E-state index in [1.165, 1.54) is 7.22 Å². The maximum atomic E-state index is 4.79. The molecule has 0 fully saturated rings. The molecule has 0 amide bonds. The fraction of sp³-hybridized carbons (Fsp3) is 0. The van der Waals surface area contributed by atoms with Crippen LogP contribution in [0.1, 0.15) is 11.1 Å². The van der Waals surface area contributed by atoms with Gasteiger partial charge in [-0.15, -0.1) is 0 Å². The van der Waals surface area contributed by atoms with Crippen LogP contribution in [0.2, 0.25) is 0 Å². The first-order chi connectivity index (χ1) is 14.9. The molecule has 0 saturated carbocycles. The summed E-state index contributed by atoms with van der Waals surface area (Å²) in [5, 5.41) is 0. The zero-order valence-corrected chi connectivity index (χ0v) is 20.9. The van der Waals surface area contributed by atoms with E-state index in [9.17, 15) is 0 Å². The molecule has 4 aromatic carbocycles. The van der Waals surface area contributed by atoms with E-state index in [2.05, 4.69) is 72.8 Å². The van der Waals surface area contributed by atoms with Crippen molar-refractivity contribution < 1.29 is 0 Å². The van der Waals surface area contributed by atoms with Crippen LogP contribution in [0, 0.1) is 0 Å². The van der Waals surface area contributed by atoms with Gasteiger partial charge in [0.05, 0.1) is 0 Å². The fourth-order valence-corrected chi connectivity index (χ4v) is 14.0. The van der Waals surface area contributed by atoms with Crippen molar-refractivity contribution in [2.24, 2.45) is 9.98 Å². The van der Waals surface area contributed by atoms with Crippen molar-refractivity contribution in [1.82, 2.24) is 0 Å². The van der Waals surface area contributed by atoms with E-state index in [1.54, 1.807) is 0 Å². The topological polar surface area (TPSA) is 24.7 Å². The number of aliphatic imine (C=N–C) groups is 2. The molecule has 2 nitrogen and oxygen atoms in total. The van der Waals surface area contributed by atoms with E-state index in [0.29, 0.717) is 0 Å². The standard InChI is InChI=1S/C26H20N2Te2/c1-3-11-21(12-4-1)19-27-23-15-7-9-17-25(23)29-30-26-18-10-8-16-24(26)28-20-22-13-5-2-6-14-22/h1-20H. The maximum absolute atomic E-state index is 4.79. The molecule has 0 saturated heterocycles. The van der Waals surface area contributed by atoms with Crippen LogP contribution in [0.15, 0.2) is 119 Å². The Kier molecular flexibility index (Phi) is 7.90. The Balaban J connectivity index is 1.49. The molecule has 4 rings (SSSR count). The van der Waals surface area contributed by atoms with E-state index in [-0.39, 0.29) is 34.1 Å². The van der Waals surface area contributed by atoms with Crippen molar-refractivity contribution in [2.75, 3.05) is 0 Å². The first-order valence-corrected chi connectivity index (χ1v) is 19.3. The Bertz CT molecular complexity index is 1050. The Morgan fingerprint density at radius 3 is 1.23 bits per heavy atom. The predicted octanol–water partition coefficient (Wildman–Crippen LogP) is 4.46. The summed E-state index contributed by atoms with van der Waals surface area (Å²) in [5.41, 5.74) is 4.48. The molecule has 0 aliphatic heterocycles. The van der Waals surface area contributed by atoms with Crippen molar-refractivity contribution in [3.8, 4) is 0 Å². The molecule has 0 aliphatic carbocycles. The van der Waals surface area contributed by atoms with Gasteiger partial charge in [0, 0.05) is 0 Å². The van der Waals surface area contributed by atoms with Crippen LogP contribution < -0.4 is 7.22 Å². The van der Waals surface area contributed by atoms with E-state index in [1.807, 2.05) is 48.8 Å². The average molecular weight is 616 g/mol. The van der Waals surface area contributed by atoms with Crippen molar-refractivity contribution in [3.63, 3.8) is 0 Å². The molecule has 0 aromatic heterocycles. The predicted molar refractivity (Wildman–Crippen MR) is 131 cm³/mol. The monoisotopic (exact) mass is 620 g/mol. The van der Waals surface area contributed by atoms with Crippen LogP contribution in [0.3, 0.4) is 0 Å². The van der Waals surface area contributed by atoms with Gasteiger partial charge in [-0.25, -0.2) is 0 Å². The third kappa shape index (κ3) is 6.15. The number of nitrogens with zero attached hydrogens (tertiary/aromatic N) is 2. The van der Waals surface area contributed by atoms with Gasteiger partial charge in [-0.1, -0.05) is 0 Å². The SMILES string of the molecule is C(=Nc1ccccc1[Te][Te]c1ccccc1N=Cc1ccccc1)c1ccccc1. The molecule has 0 atom stereocenters. The van der Waals surface area contributed by atoms with Gasteiger partial charge < -0.3 is 0 Å². The molecule has 0 spiro atoms. The van der Waals surface area contributed by atoms with Gasteiger partial charge in [0.25, 0.3) is 0 Å². The molecule has 0 heterocycles. The Hall–Kier alpha value is -2.20. The van der Waals surface area contributed by atoms with E-state index >= 15 is 0 Å². The summed E-state index contributed by atoms with van der Waals surface area (Å²) in [7, 11) is 0. The van der Waals surface area contributed by atoms with E-state index in [4.69, 9.17) is 9.98 Å². The summed E-state index contributed by atoms with van der Waals surface area (Å²) in [6, 6.07) is 37.7. The molecule has 0 aliphatic rings. The second-order valence-electron chi connectivity index (χ2n) is 6.44. The normalized spacial score (nSPS) is 11.3. The molecule has 30 heavy (non-hydrogen) atoms. The Morgan fingerprint density at radius 1 is 0.433 bits per heavy atom. The Morgan fingerprint density at radius 2 is 0.800 bits per heavy atom. The third-order valence-corrected chi connectivity index (χ3v) is 16.0. The van der Waals surface area contributed by atoms with Crippen molar-refractivity contribution in [1.29, 1.82) is 0 Å². The first-order valence-electron chi connectivity index (χ1n) is 9.59. The second-order valence-corrected chi connectivity index (χ2v) is 16.3. The van der Waals surface area contributed by atoms with Crippen molar-refractivity contribution in [2.45, 2.75) is 0 Å². The van der Waals surface area contributed by atoms with Crippen LogP contribution in [0.25, 0.3) is 0 Å². The van der Waals surface area contributed by atoms with E-state index in [0.717, 1.165) is 22.5 Å². The molecule has 4 aromatic rings. The van der Waals surface area contributed by atoms with Gasteiger partial charge >= 0.3 is 195 Å². The van der Waals surface area contributed by atoms with Crippen molar-refractivity contribution in [3.05, 3.63) is 120 Å². The van der Waals surface area contributed by atoms with Crippen LogP contribution in [-0.4, -0.2) is 46.5 Å². The molecular formula is C26H20N2Te2.